The van der Waals surface area contributed by atoms with Crippen molar-refractivity contribution in [2.24, 2.45) is 5.92 Å². The van der Waals surface area contributed by atoms with Crippen LogP contribution in [0.4, 0.5) is 15.8 Å². The van der Waals surface area contributed by atoms with Crippen molar-refractivity contribution in [2.45, 2.75) is 19.8 Å². The number of halogens is 1. The van der Waals surface area contributed by atoms with Crippen LogP contribution >= 0.6 is 0 Å². The van der Waals surface area contributed by atoms with E-state index in [1.54, 1.807) is 12.1 Å². The Kier molecular flexibility index (Phi) is 6.19. The van der Waals surface area contributed by atoms with Gasteiger partial charge >= 0.3 is 0 Å². The number of amides is 2. The fourth-order valence-electron chi connectivity index (χ4n) is 3.17. The molecule has 0 aromatic heterocycles. The number of anilines is 2. The summed E-state index contributed by atoms with van der Waals surface area (Å²) in [6.07, 6.45) is 1.40. The molecule has 2 aromatic rings. The predicted octanol–water partition coefficient (Wildman–Crippen LogP) is 3.42. The maximum atomic E-state index is 12.9. The van der Waals surface area contributed by atoms with E-state index in [1.807, 2.05) is 31.2 Å². The van der Waals surface area contributed by atoms with Crippen molar-refractivity contribution < 1.29 is 14.0 Å². The molecule has 3 rings (SSSR count). The van der Waals surface area contributed by atoms with Gasteiger partial charge in [-0.1, -0.05) is 17.7 Å². The summed E-state index contributed by atoms with van der Waals surface area (Å²) in [7, 11) is 0. The lowest BCUT2D eigenvalue weighted by molar-refractivity contribution is -0.121. The van der Waals surface area contributed by atoms with Gasteiger partial charge in [0.2, 0.25) is 11.8 Å². The SMILES string of the molecule is Cc1ccc(NC(=O)CN2CCC(C(=O)Nc3ccc(F)cc3)CC2)cc1. The van der Waals surface area contributed by atoms with Gasteiger partial charge in [-0.2, -0.15) is 0 Å². The standard InChI is InChI=1S/C21H24FN3O2/c1-15-2-6-18(7-3-15)23-20(26)14-25-12-10-16(11-13-25)21(27)24-19-8-4-17(22)5-9-19/h2-9,16H,10-14H2,1H3,(H,23,26)(H,24,27). The second kappa shape index (κ2) is 8.77. The topological polar surface area (TPSA) is 61.4 Å². The third-order valence-electron chi connectivity index (χ3n) is 4.77. The number of likely N-dealkylation sites (tertiary alicyclic amines) is 1. The Hall–Kier alpha value is -2.73. The Morgan fingerprint density at radius 3 is 2.15 bits per heavy atom. The second-order valence-corrected chi connectivity index (χ2v) is 6.96. The summed E-state index contributed by atoms with van der Waals surface area (Å²) in [6, 6.07) is 13.4. The van der Waals surface area contributed by atoms with E-state index in [4.69, 9.17) is 0 Å². The van der Waals surface area contributed by atoms with Gasteiger partial charge in [-0.3, -0.25) is 14.5 Å². The highest BCUT2D eigenvalue weighted by Gasteiger charge is 2.26. The lowest BCUT2D eigenvalue weighted by Crippen LogP contribution is -2.41. The number of carbonyl (C=O) groups excluding carboxylic acids is 2. The molecule has 2 aromatic carbocycles. The molecule has 5 nitrogen and oxygen atoms in total. The average molecular weight is 369 g/mol. The predicted molar refractivity (Wildman–Crippen MR) is 104 cm³/mol. The number of aryl methyl sites for hydroxylation is 1. The van der Waals surface area contributed by atoms with Gasteiger partial charge in [0.05, 0.1) is 6.54 Å². The Labute approximate surface area is 158 Å². The number of benzene rings is 2. The largest absolute Gasteiger partial charge is 0.326 e. The first-order chi connectivity index (χ1) is 13.0. The van der Waals surface area contributed by atoms with Crippen molar-refractivity contribution >= 4 is 23.2 Å². The molecular weight excluding hydrogens is 345 g/mol. The quantitative estimate of drug-likeness (QED) is 0.849. The number of piperidine rings is 1. The lowest BCUT2D eigenvalue weighted by atomic mass is 9.96. The first-order valence-corrected chi connectivity index (χ1v) is 9.15. The molecule has 0 aliphatic carbocycles. The molecule has 1 fully saturated rings. The van der Waals surface area contributed by atoms with E-state index in [0.29, 0.717) is 38.2 Å². The molecule has 142 valence electrons. The van der Waals surface area contributed by atoms with Gasteiger partial charge in [-0.25, -0.2) is 4.39 Å². The first kappa shape index (κ1) is 19.0. The van der Waals surface area contributed by atoms with Crippen LogP contribution in [0, 0.1) is 18.7 Å². The third-order valence-corrected chi connectivity index (χ3v) is 4.77. The average Bonchev–Trinajstić information content (AvgIpc) is 2.66. The monoisotopic (exact) mass is 369 g/mol. The maximum absolute atomic E-state index is 12.9. The summed E-state index contributed by atoms with van der Waals surface area (Å²) < 4.78 is 12.9. The fourth-order valence-corrected chi connectivity index (χ4v) is 3.17. The van der Waals surface area contributed by atoms with Gasteiger partial charge in [0.25, 0.3) is 0 Å². The summed E-state index contributed by atoms with van der Waals surface area (Å²) in [5, 5.41) is 5.73. The van der Waals surface area contributed by atoms with Crippen LogP contribution in [0.2, 0.25) is 0 Å². The molecule has 6 heteroatoms. The van der Waals surface area contributed by atoms with Crippen molar-refractivity contribution in [2.75, 3.05) is 30.3 Å². The molecule has 0 saturated carbocycles. The summed E-state index contributed by atoms with van der Waals surface area (Å²) >= 11 is 0. The van der Waals surface area contributed by atoms with E-state index < -0.39 is 0 Å². The first-order valence-electron chi connectivity index (χ1n) is 9.15. The van der Waals surface area contributed by atoms with E-state index in [0.717, 1.165) is 11.3 Å². The zero-order valence-electron chi connectivity index (χ0n) is 15.4. The van der Waals surface area contributed by atoms with Crippen LogP contribution in [0.5, 0.6) is 0 Å². The van der Waals surface area contributed by atoms with Crippen molar-refractivity contribution in [1.82, 2.24) is 4.90 Å². The number of nitrogens with zero attached hydrogens (tertiary/aromatic N) is 1. The molecule has 0 radical (unpaired) electrons. The van der Waals surface area contributed by atoms with Crippen LogP contribution in [0.3, 0.4) is 0 Å². The van der Waals surface area contributed by atoms with Crippen molar-refractivity contribution in [3.05, 3.63) is 59.9 Å². The van der Waals surface area contributed by atoms with Gasteiger partial charge < -0.3 is 10.6 Å². The number of rotatable bonds is 5. The van der Waals surface area contributed by atoms with Gasteiger partial charge in [0.15, 0.2) is 0 Å². The van der Waals surface area contributed by atoms with E-state index in [2.05, 4.69) is 15.5 Å². The number of nitrogens with one attached hydrogen (secondary N) is 2. The van der Waals surface area contributed by atoms with Crippen molar-refractivity contribution in [3.8, 4) is 0 Å². The van der Waals surface area contributed by atoms with Crippen molar-refractivity contribution in [3.63, 3.8) is 0 Å². The second-order valence-electron chi connectivity index (χ2n) is 6.96. The molecule has 0 unspecified atom stereocenters. The van der Waals surface area contributed by atoms with E-state index in [-0.39, 0.29) is 23.5 Å². The Bertz CT molecular complexity index is 782. The van der Waals surface area contributed by atoms with Gasteiger partial charge in [0.1, 0.15) is 5.82 Å². The van der Waals surface area contributed by atoms with Gasteiger partial charge in [0, 0.05) is 17.3 Å². The molecular formula is C21H24FN3O2. The zero-order chi connectivity index (χ0) is 19.2. The molecule has 1 heterocycles. The van der Waals surface area contributed by atoms with E-state index in [1.165, 1.54) is 12.1 Å². The molecule has 1 saturated heterocycles. The fraction of sp³-hybridized carbons (Fsp3) is 0.333. The lowest BCUT2D eigenvalue weighted by Gasteiger charge is -2.30. The summed E-state index contributed by atoms with van der Waals surface area (Å²) in [4.78, 5) is 26.6. The van der Waals surface area contributed by atoms with Crippen LogP contribution in [0.1, 0.15) is 18.4 Å². The molecule has 0 spiro atoms. The minimum Gasteiger partial charge on any atom is -0.326 e. The molecule has 2 amide bonds. The molecule has 27 heavy (non-hydrogen) atoms. The van der Waals surface area contributed by atoms with E-state index in [9.17, 15) is 14.0 Å². The smallest absolute Gasteiger partial charge is 0.238 e. The van der Waals surface area contributed by atoms with Gasteiger partial charge in [-0.15, -0.1) is 0 Å². The van der Waals surface area contributed by atoms with Crippen LogP contribution in [0.15, 0.2) is 48.5 Å². The van der Waals surface area contributed by atoms with Crippen LogP contribution in [0.25, 0.3) is 0 Å². The van der Waals surface area contributed by atoms with Gasteiger partial charge in [-0.05, 0) is 69.3 Å². The normalized spacial score (nSPS) is 15.3. The highest BCUT2D eigenvalue weighted by molar-refractivity contribution is 5.93. The molecule has 1 aliphatic rings. The zero-order valence-corrected chi connectivity index (χ0v) is 15.4. The summed E-state index contributed by atoms with van der Waals surface area (Å²) in [6.45, 7) is 3.72. The maximum Gasteiger partial charge on any atom is 0.238 e. The highest BCUT2D eigenvalue weighted by Crippen LogP contribution is 2.20. The highest BCUT2D eigenvalue weighted by atomic mass is 19.1. The van der Waals surface area contributed by atoms with E-state index >= 15 is 0 Å². The number of hydrogen-bond donors (Lipinski definition) is 2. The van der Waals surface area contributed by atoms with Crippen LogP contribution in [-0.4, -0.2) is 36.3 Å². The Morgan fingerprint density at radius 1 is 0.963 bits per heavy atom. The van der Waals surface area contributed by atoms with Crippen LogP contribution < -0.4 is 10.6 Å². The molecule has 2 N–H and O–H groups in total. The third kappa shape index (κ3) is 5.62. The van der Waals surface area contributed by atoms with Crippen molar-refractivity contribution in [1.29, 1.82) is 0 Å². The summed E-state index contributed by atoms with van der Waals surface area (Å²) in [5.74, 6) is -0.518. The Morgan fingerprint density at radius 2 is 1.52 bits per heavy atom. The Balaban J connectivity index is 1.42. The number of hydrogen-bond acceptors (Lipinski definition) is 3. The summed E-state index contributed by atoms with van der Waals surface area (Å²) in [5.41, 5.74) is 2.54. The minimum atomic E-state index is -0.328. The van der Waals surface area contributed by atoms with Crippen LogP contribution in [-0.2, 0) is 9.59 Å². The minimum absolute atomic E-state index is 0.0481. The number of carbonyl (C=O) groups is 2. The molecule has 0 atom stereocenters. The molecule has 0 bridgehead atoms. The molecule has 1 aliphatic heterocycles.